The number of benzene rings is 1. The van der Waals surface area contributed by atoms with Crippen LogP contribution in [0.25, 0.3) is 0 Å². The minimum atomic E-state index is -0.828. The lowest BCUT2D eigenvalue weighted by Gasteiger charge is -2.26. The first-order chi connectivity index (χ1) is 6.73. The molecule has 1 N–H and O–H groups in total. The van der Waals surface area contributed by atoms with Crippen molar-refractivity contribution in [1.82, 2.24) is 0 Å². The van der Waals surface area contributed by atoms with Gasteiger partial charge in [0.25, 0.3) is 0 Å². The van der Waals surface area contributed by atoms with Crippen LogP contribution in [0.4, 0.5) is 4.39 Å². The molecule has 1 aromatic carbocycles. The Labute approximate surface area is 106 Å². The maximum Gasteiger partial charge on any atom is 0.143 e. The monoisotopic (exact) mass is 338 g/mol. The molecule has 0 amide bonds. The summed E-state index contributed by atoms with van der Waals surface area (Å²) >= 11 is 6.39. The predicted molar refractivity (Wildman–Crippen MR) is 66.2 cm³/mol. The number of halogens is 3. The molecule has 0 aliphatic rings. The van der Waals surface area contributed by atoms with E-state index in [0.29, 0.717) is 10.0 Å². The number of hydrogen-bond acceptors (Lipinski definition) is 1. The van der Waals surface area contributed by atoms with Crippen LogP contribution in [0.15, 0.2) is 21.1 Å². The van der Waals surface area contributed by atoms with Crippen molar-refractivity contribution < 1.29 is 9.50 Å². The van der Waals surface area contributed by atoms with Crippen molar-refractivity contribution in [3.8, 4) is 0 Å². The molecule has 0 aliphatic carbocycles. The Hall–Kier alpha value is 0.0700. The summed E-state index contributed by atoms with van der Waals surface area (Å²) in [6.07, 6.45) is -0.828. The Morgan fingerprint density at radius 2 is 1.80 bits per heavy atom. The highest BCUT2D eigenvalue weighted by molar-refractivity contribution is 9.11. The van der Waals surface area contributed by atoms with E-state index in [1.807, 2.05) is 20.8 Å². The van der Waals surface area contributed by atoms with E-state index in [1.54, 1.807) is 12.1 Å². The maximum atomic E-state index is 13.7. The maximum absolute atomic E-state index is 13.7. The lowest BCUT2D eigenvalue weighted by Crippen LogP contribution is -2.19. The van der Waals surface area contributed by atoms with Gasteiger partial charge in [0.2, 0.25) is 0 Å². The molecule has 0 aromatic heterocycles. The van der Waals surface area contributed by atoms with E-state index in [2.05, 4.69) is 31.9 Å². The smallest absolute Gasteiger partial charge is 0.143 e. The fourth-order valence-electron chi connectivity index (χ4n) is 1.24. The van der Waals surface area contributed by atoms with Crippen molar-refractivity contribution in [1.29, 1.82) is 0 Å². The van der Waals surface area contributed by atoms with Crippen LogP contribution in [0.3, 0.4) is 0 Å². The zero-order valence-corrected chi connectivity index (χ0v) is 12.0. The van der Waals surface area contributed by atoms with Crippen LogP contribution in [0.2, 0.25) is 0 Å². The van der Waals surface area contributed by atoms with Crippen LogP contribution in [-0.2, 0) is 0 Å². The fourth-order valence-corrected chi connectivity index (χ4v) is 2.50. The zero-order chi connectivity index (χ0) is 11.8. The zero-order valence-electron chi connectivity index (χ0n) is 8.81. The molecule has 15 heavy (non-hydrogen) atoms. The van der Waals surface area contributed by atoms with Crippen LogP contribution in [0.1, 0.15) is 32.4 Å². The van der Waals surface area contributed by atoms with Gasteiger partial charge < -0.3 is 5.11 Å². The van der Waals surface area contributed by atoms with Crippen molar-refractivity contribution in [3.05, 3.63) is 32.5 Å². The minimum absolute atomic E-state index is 0.309. The van der Waals surface area contributed by atoms with Crippen LogP contribution in [-0.4, -0.2) is 5.11 Å². The van der Waals surface area contributed by atoms with Gasteiger partial charge in [0.05, 0.1) is 10.6 Å². The van der Waals surface area contributed by atoms with Crippen LogP contribution < -0.4 is 0 Å². The Bertz CT molecular complexity index is 372. The predicted octanol–water partition coefficient (Wildman–Crippen LogP) is 4.43. The molecule has 0 spiro atoms. The first-order valence-corrected chi connectivity index (χ1v) is 6.14. The third kappa shape index (κ3) is 3.02. The highest BCUT2D eigenvalue weighted by Gasteiger charge is 2.27. The summed E-state index contributed by atoms with van der Waals surface area (Å²) in [5, 5.41) is 10.0. The number of aliphatic hydroxyl groups excluding tert-OH is 1. The molecule has 1 unspecified atom stereocenters. The average Bonchev–Trinajstić information content (AvgIpc) is 2.08. The SMILES string of the molecule is CC(C)(C)C(O)c1cc(Br)cc(Br)c1F. The van der Waals surface area contributed by atoms with Crippen molar-refractivity contribution in [2.75, 3.05) is 0 Å². The Kier molecular flexibility index (Phi) is 3.95. The normalized spacial score (nSPS) is 14.1. The molecular formula is C11H13Br2FO. The Morgan fingerprint density at radius 1 is 1.27 bits per heavy atom. The van der Waals surface area contributed by atoms with Gasteiger partial charge in [-0.15, -0.1) is 0 Å². The van der Waals surface area contributed by atoms with E-state index in [9.17, 15) is 9.50 Å². The fraction of sp³-hybridized carbons (Fsp3) is 0.455. The Balaban J connectivity index is 3.25. The summed E-state index contributed by atoms with van der Waals surface area (Å²) in [5.74, 6) is -0.402. The molecule has 1 aromatic rings. The van der Waals surface area contributed by atoms with Gasteiger partial charge in [0.1, 0.15) is 5.82 Å². The van der Waals surface area contributed by atoms with E-state index >= 15 is 0 Å². The highest BCUT2D eigenvalue weighted by Crippen LogP contribution is 2.37. The van der Waals surface area contributed by atoms with E-state index < -0.39 is 11.9 Å². The van der Waals surface area contributed by atoms with Crippen molar-refractivity contribution >= 4 is 31.9 Å². The molecule has 0 saturated heterocycles. The van der Waals surface area contributed by atoms with Crippen LogP contribution in [0.5, 0.6) is 0 Å². The summed E-state index contributed by atoms with van der Waals surface area (Å²) in [6, 6.07) is 3.23. The summed E-state index contributed by atoms with van der Waals surface area (Å²) in [4.78, 5) is 0. The molecule has 4 heteroatoms. The van der Waals surface area contributed by atoms with Gasteiger partial charge in [0, 0.05) is 10.0 Å². The van der Waals surface area contributed by atoms with Crippen molar-refractivity contribution in [2.24, 2.45) is 5.41 Å². The second kappa shape index (κ2) is 4.52. The lowest BCUT2D eigenvalue weighted by molar-refractivity contribution is 0.0593. The second-order valence-corrected chi connectivity index (χ2v) is 6.33. The van der Waals surface area contributed by atoms with E-state index in [0.717, 1.165) is 4.47 Å². The van der Waals surface area contributed by atoms with Gasteiger partial charge in [-0.05, 0) is 33.5 Å². The molecule has 84 valence electrons. The van der Waals surface area contributed by atoms with Gasteiger partial charge in [-0.1, -0.05) is 36.7 Å². The molecule has 0 bridgehead atoms. The average molecular weight is 340 g/mol. The van der Waals surface area contributed by atoms with Gasteiger partial charge in [0.15, 0.2) is 0 Å². The molecular weight excluding hydrogens is 327 g/mol. The third-order valence-corrected chi connectivity index (χ3v) is 3.17. The Morgan fingerprint density at radius 3 is 2.27 bits per heavy atom. The molecule has 0 heterocycles. The second-order valence-electron chi connectivity index (χ2n) is 4.56. The summed E-state index contributed by atoms with van der Waals surface area (Å²) in [7, 11) is 0. The van der Waals surface area contributed by atoms with E-state index in [4.69, 9.17) is 0 Å². The van der Waals surface area contributed by atoms with Gasteiger partial charge in [-0.2, -0.15) is 0 Å². The molecule has 0 fully saturated rings. The molecule has 1 nitrogen and oxygen atoms in total. The summed E-state index contributed by atoms with van der Waals surface area (Å²) in [6.45, 7) is 5.60. The van der Waals surface area contributed by atoms with Crippen molar-refractivity contribution in [2.45, 2.75) is 26.9 Å². The molecule has 0 saturated carbocycles. The first kappa shape index (κ1) is 13.1. The molecule has 1 atom stereocenters. The third-order valence-electron chi connectivity index (χ3n) is 2.14. The standard InChI is InChI=1S/C11H13Br2FO/c1-11(2,3)10(15)7-4-6(12)5-8(13)9(7)14/h4-5,10,15H,1-3H3. The minimum Gasteiger partial charge on any atom is -0.388 e. The van der Waals surface area contributed by atoms with E-state index in [1.165, 1.54) is 0 Å². The van der Waals surface area contributed by atoms with E-state index in [-0.39, 0.29) is 5.41 Å². The first-order valence-electron chi connectivity index (χ1n) is 4.56. The van der Waals surface area contributed by atoms with Gasteiger partial charge in [-0.3, -0.25) is 0 Å². The quantitative estimate of drug-likeness (QED) is 0.750. The largest absolute Gasteiger partial charge is 0.388 e. The van der Waals surface area contributed by atoms with Gasteiger partial charge >= 0.3 is 0 Å². The van der Waals surface area contributed by atoms with Gasteiger partial charge in [-0.25, -0.2) is 4.39 Å². The van der Waals surface area contributed by atoms with Crippen LogP contribution in [0, 0.1) is 11.2 Å². The number of aliphatic hydroxyl groups is 1. The number of hydrogen-bond donors (Lipinski definition) is 1. The highest BCUT2D eigenvalue weighted by atomic mass is 79.9. The molecule has 0 radical (unpaired) electrons. The molecule has 1 rings (SSSR count). The summed E-state index contributed by atoms with van der Waals surface area (Å²) < 4.78 is 14.8. The van der Waals surface area contributed by atoms with Crippen LogP contribution >= 0.6 is 31.9 Å². The number of rotatable bonds is 1. The molecule has 0 aliphatic heterocycles. The van der Waals surface area contributed by atoms with Crippen molar-refractivity contribution in [3.63, 3.8) is 0 Å². The topological polar surface area (TPSA) is 20.2 Å². The lowest BCUT2D eigenvalue weighted by atomic mass is 9.85. The summed E-state index contributed by atoms with van der Waals surface area (Å²) in [5.41, 5.74) is -0.0788.